The van der Waals surface area contributed by atoms with Gasteiger partial charge in [0.1, 0.15) is 12.1 Å². The summed E-state index contributed by atoms with van der Waals surface area (Å²) in [6.07, 6.45) is 0.183. The van der Waals surface area contributed by atoms with E-state index in [4.69, 9.17) is 10.2 Å². The minimum absolute atomic E-state index is 0.114. The predicted molar refractivity (Wildman–Crippen MR) is 116 cm³/mol. The van der Waals surface area contributed by atoms with E-state index in [1.54, 1.807) is 24.3 Å². The Morgan fingerprint density at radius 1 is 0.812 bits per heavy atom. The molecule has 0 heterocycles. The average molecular weight is 517 g/mol. The quantitative estimate of drug-likeness (QED) is 0.192. The highest BCUT2D eigenvalue weighted by molar-refractivity contribution is 9.10. The molecule has 1 rings (SSSR count). The third-order valence-corrected chi connectivity index (χ3v) is 4.69. The maximum Gasteiger partial charge on any atom is 0.326 e. The highest BCUT2D eigenvalue weighted by Crippen LogP contribution is 2.14. The van der Waals surface area contributed by atoms with Crippen molar-refractivity contribution in [2.75, 3.05) is 11.9 Å². The number of carbonyl (C=O) groups is 5. The number of rotatable bonds is 13. The van der Waals surface area contributed by atoms with Gasteiger partial charge in [0.15, 0.2) is 0 Å². The summed E-state index contributed by atoms with van der Waals surface area (Å²) in [7, 11) is 0. The van der Waals surface area contributed by atoms with Crippen LogP contribution in [0.2, 0.25) is 0 Å². The van der Waals surface area contributed by atoms with Crippen molar-refractivity contribution in [2.45, 2.75) is 44.2 Å². The number of aliphatic carboxylic acids is 3. The van der Waals surface area contributed by atoms with E-state index in [1.165, 1.54) is 0 Å². The van der Waals surface area contributed by atoms with Gasteiger partial charge in [-0.05, 0) is 49.9 Å². The molecule has 13 heteroatoms. The van der Waals surface area contributed by atoms with Crippen molar-refractivity contribution in [3.8, 4) is 0 Å². The second-order valence-electron chi connectivity index (χ2n) is 6.72. The number of halogens is 1. The second-order valence-corrected chi connectivity index (χ2v) is 7.63. The highest BCUT2D eigenvalue weighted by Gasteiger charge is 2.21. The highest BCUT2D eigenvalue weighted by atomic mass is 79.9. The smallest absolute Gasteiger partial charge is 0.326 e. The van der Waals surface area contributed by atoms with Crippen LogP contribution in [-0.2, 0) is 14.4 Å². The van der Waals surface area contributed by atoms with Crippen LogP contribution in [0.1, 0.15) is 32.1 Å². The van der Waals surface area contributed by atoms with Gasteiger partial charge in [0, 0.05) is 23.1 Å². The summed E-state index contributed by atoms with van der Waals surface area (Å²) in [5.74, 6) is -3.73. The molecule has 0 aliphatic carbocycles. The van der Waals surface area contributed by atoms with Crippen molar-refractivity contribution in [2.24, 2.45) is 0 Å². The van der Waals surface area contributed by atoms with Gasteiger partial charge in [0.2, 0.25) is 0 Å². The number of anilines is 1. The summed E-state index contributed by atoms with van der Waals surface area (Å²) in [5.41, 5.74) is 0.494. The van der Waals surface area contributed by atoms with E-state index in [9.17, 15) is 29.1 Å². The van der Waals surface area contributed by atoms with Gasteiger partial charge in [0.05, 0.1) is 0 Å². The molecule has 4 amide bonds. The third kappa shape index (κ3) is 11.2. The molecule has 176 valence electrons. The summed E-state index contributed by atoms with van der Waals surface area (Å²) in [5, 5.41) is 36.4. The van der Waals surface area contributed by atoms with Crippen LogP contribution in [0.4, 0.5) is 15.3 Å². The van der Waals surface area contributed by atoms with Crippen LogP contribution in [0.3, 0.4) is 0 Å². The standard InChI is InChI=1S/C19H25BrN4O8/c20-11-4-6-12(7-5-11)22-19(32)24-13(16(27)28)3-1-2-10-21-18(31)23-14(17(29)30)8-9-15(25)26/h4-7,13-14H,1-3,8-10H2,(H,25,26)(H,27,28)(H,29,30)(H2,21,23,31)(H2,22,24,32). The Bertz CT molecular complexity index is 818. The molecule has 2 atom stereocenters. The summed E-state index contributed by atoms with van der Waals surface area (Å²) in [6, 6.07) is 2.82. The van der Waals surface area contributed by atoms with E-state index in [2.05, 4.69) is 37.2 Å². The molecular weight excluding hydrogens is 492 g/mol. The van der Waals surface area contributed by atoms with E-state index < -0.39 is 48.5 Å². The molecule has 7 N–H and O–H groups in total. The largest absolute Gasteiger partial charge is 0.481 e. The average Bonchev–Trinajstić information content (AvgIpc) is 2.71. The summed E-state index contributed by atoms with van der Waals surface area (Å²) in [6.45, 7) is 0.133. The predicted octanol–water partition coefficient (Wildman–Crippen LogP) is 1.81. The first-order chi connectivity index (χ1) is 15.1. The third-order valence-electron chi connectivity index (χ3n) is 4.16. The molecule has 1 aromatic rings. The number of hydrogen-bond acceptors (Lipinski definition) is 5. The van der Waals surface area contributed by atoms with Crippen LogP contribution >= 0.6 is 15.9 Å². The van der Waals surface area contributed by atoms with Crippen LogP contribution in [0.25, 0.3) is 0 Å². The van der Waals surface area contributed by atoms with Crippen molar-refractivity contribution < 1.29 is 39.3 Å². The fraction of sp³-hybridized carbons (Fsp3) is 0.421. The van der Waals surface area contributed by atoms with Gasteiger partial charge in [-0.3, -0.25) is 4.79 Å². The van der Waals surface area contributed by atoms with Gasteiger partial charge in [-0.2, -0.15) is 0 Å². The molecule has 1 aromatic carbocycles. The van der Waals surface area contributed by atoms with Crippen LogP contribution in [0, 0.1) is 0 Å². The minimum atomic E-state index is -1.35. The maximum absolute atomic E-state index is 12.0. The monoisotopic (exact) mass is 516 g/mol. The minimum Gasteiger partial charge on any atom is -0.481 e. The molecule has 0 saturated carbocycles. The number of nitrogens with one attached hydrogen (secondary N) is 4. The van der Waals surface area contributed by atoms with Crippen molar-refractivity contribution >= 4 is 51.6 Å². The molecule has 12 nitrogen and oxygen atoms in total. The lowest BCUT2D eigenvalue weighted by molar-refractivity contribution is -0.141. The van der Waals surface area contributed by atoms with Gasteiger partial charge in [-0.1, -0.05) is 15.9 Å². The zero-order valence-electron chi connectivity index (χ0n) is 17.0. The molecule has 0 radical (unpaired) electrons. The Kier molecular flexibility index (Phi) is 11.6. The molecule has 0 aliphatic rings. The molecule has 2 unspecified atom stereocenters. The first-order valence-electron chi connectivity index (χ1n) is 9.63. The zero-order chi connectivity index (χ0) is 24.1. The van der Waals surface area contributed by atoms with E-state index in [0.717, 1.165) is 4.47 Å². The Hall–Kier alpha value is -3.35. The van der Waals surface area contributed by atoms with Crippen LogP contribution in [-0.4, -0.2) is 63.9 Å². The molecule has 0 aliphatic heterocycles. The molecule has 0 spiro atoms. The van der Waals surface area contributed by atoms with Crippen LogP contribution in [0.5, 0.6) is 0 Å². The number of carbonyl (C=O) groups excluding carboxylic acids is 2. The number of amides is 4. The molecular formula is C19H25BrN4O8. The Morgan fingerprint density at radius 2 is 1.38 bits per heavy atom. The van der Waals surface area contributed by atoms with Gasteiger partial charge in [0.25, 0.3) is 0 Å². The lowest BCUT2D eigenvalue weighted by Gasteiger charge is -2.16. The number of carboxylic acid groups (broad SMARTS) is 3. The number of hydrogen-bond donors (Lipinski definition) is 7. The number of carboxylic acids is 3. The van der Waals surface area contributed by atoms with Gasteiger partial charge in [-0.15, -0.1) is 0 Å². The van der Waals surface area contributed by atoms with E-state index in [-0.39, 0.29) is 19.4 Å². The summed E-state index contributed by atoms with van der Waals surface area (Å²) in [4.78, 5) is 56.7. The summed E-state index contributed by atoms with van der Waals surface area (Å²) >= 11 is 3.27. The number of unbranched alkanes of at least 4 members (excludes halogenated alkanes) is 1. The Balaban J connectivity index is 2.34. The summed E-state index contributed by atoms with van der Waals surface area (Å²) < 4.78 is 0.827. The molecule has 0 saturated heterocycles. The number of urea groups is 2. The molecule has 0 fully saturated rings. The Morgan fingerprint density at radius 3 is 1.94 bits per heavy atom. The molecule has 0 aromatic heterocycles. The van der Waals surface area contributed by atoms with E-state index >= 15 is 0 Å². The molecule has 0 bridgehead atoms. The number of benzene rings is 1. The van der Waals surface area contributed by atoms with E-state index in [0.29, 0.717) is 18.5 Å². The lowest BCUT2D eigenvalue weighted by atomic mass is 10.1. The van der Waals surface area contributed by atoms with Crippen LogP contribution < -0.4 is 21.3 Å². The van der Waals surface area contributed by atoms with Crippen molar-refractivity contribution in [1.82, 2.24) is 16.0 Å². The fourth-order valence-electron chi connectivity index (χ4n) is 2.53. The van der Waals surface area contributed by atoms with Crippen LogP contribution in [0.15, 0.2) is 28.7 Å². The first-order valence-corrected chi connectivity index (χ1v) is 10.4. The van der Waals surface area contributed by atoms with Gasteiger partial charge >= 0.3 is 30.0 Å². The fourth-order valence-corrected chi connectivity index (χ4v) is 2.79. The lowest BCUT2D eigenvalue weighted by Crippen LogP contribution is -2.46. The second kappa shape index (κ2) is 13.9. The van der Waals surface area contributed by atoms with Crippen molar-refractivity contribution in [1.29, 1.82) is 0 Å². The van der Waals surface area contributed by atoms with Crippen molar-refractivity contribution in [3.05, 3.63) is 28.7 Å². The SMILES string of the molecule is O=C(O)CCC(NC(=O)NCCCCC(NC(=O)Nc1ccc(Br)cc1)C(=O)O)C(=O)O. The Labute approximate surface area is 191 Å². The topological polar surface area (TPSA) is 194 Å². The van der Waals surface area contributed by atoms with E-state index in [1.807, 2.05) is 0 Å². The molecule has 32 heavy (non-hydrogen) atoms. The van der Waals surface area contributed by atoms with Crippen molar-refractivity contribution in [3.63, 3.8) is 0 Å². The van der Waals surface area contributed by atoms with Gasteiger partial charge < -0.3 is 36.6 Å². The maximum atomic E-state index is 12.0. The first kappa shape index (κ1) is 26.7. The zero-order valence-corrected chi connectivity index (χ0v) is 18.6. The normalized spacial score (nSPS) is 12.2. The van der Waals surface area contributed by atoms with Gasteiger partial charge in [-0.25, -0.2) is 19.2 Å².